The Labute approximate surface area is 130 Å². The molecule has 0 nitrogen and oxygen atoms in total. The van der Waals surface area contributed by atoms with Gasteiger partial charge in [0.1, 0.15) is 0 Å². The first-order valence-electron chi connectivity index (χ1n) is 9.59. The fourth-order valence-electron chi connectivity index (χ4n) is 3.08. The zero-order valence-electron chi connectivity index (χ0n) is 14.9. The predicted octanol–water partition coefficient (Wildman–Crippen LogP) is 7.57. The zero-order valence-corrected chi connectivity index (χ0v) is 14.9. The smallest absolute Gasteiger partial charge is 0.0327 e. The van der Waals surface area contributed by atoms with Gasteiger partial charge in [-0.2, -0.15) is 0 Å². The zero-order chi connectivity index (χ0) is 15.1. The second-order valence-corrected chi connectivity index (χ2v) is 6.74. The van der Waals surface area contributed by atoms with Crippen LogP contribution in [0, 0.1) is 18.3 Å². The van der Waals surface area contributed by atoms with E-state index in [4.69, 9.17) is 0 Å². The van der Waals surface area contributed by atoms with E-state index in [2.05, 4.69) is 34.1 Å². The van der Waals surface area contributed by atoms with Gasteiger partial charge in [-0.25, -0.2) is 0 Å². The lowest BCUT2D eigenvalue weighted by Gasteiger charge is -2.19. The molecule has 0 aromatic rings. The quantitative estimate of drug-likeness (QED) is 0.271. The molecular formula is C20H41. The first-order valence-corrected chi connectivity index (χ1v) is 9.59. The van der Waals surface area contributed by atoms with Crippen molar-refractivity contribution in [2.24, 2.45) is 11.8 Å². The van der Waals surface area contributed by atoms with Gasteiger partial charge in [-0.1, -0.05) is 111 Å². The number of hydrogen-bond acceptors (Lipinski definition) is 0. The fraction of sp³-hybridized carbons (Fsp3) is 0.950. The summed E-state index contributed by atoms with van der Waals surface area (Å²) in [5.41, 5.74) is 0. The highest BCUT2D eigenvalue weighted by Crippen LogP contribution is 2.24. The summed E-state index contributed by atoms with van der Waals surface area (Å²) in [7, 11) is 0. The molecule has 0 bridgehead atoms. The van der Waals surface area contributed by atoms with Gasteiger partial charge in [-0.05, 0) is 18.3 Å². The van der Waals surface area contributed by atoms with Crippen LogP contribution in [-0.4, -0.2) is 0 Å². The van der Waals surface area contributed by atoms with Crippen LogP contribution in [0.25, 0.3) is 0 Å². The highest BCUT2D eigenvalue weighted by Gasteiger charge is 2.11. The van der Waals surface area contributed by atoms with E-state index in [-0.39, 0.29) is 0 Å². The monoisotopic (exact) mass is 281 g/mol. The Kier molecular flexibility index (Phi) is 15.4. The molecule has 2 unspecified atom stereocenters. The molecule has 0 aliphatic rings. The Morgan fingerprint density at radius 1 is 0.650 bits per heavy atom. The van der Waals surface area contributed by atoms with Crippen LogP contribution in [0.15, 0.2) is 0 Å². The maximum Gasteiger partial charge on any atom is -0.0327 e. The van der Waals surface area contributed by atoms with Crippen LogP contribution in [0.3, 0.4) is 0 Å². The third kappa shape index (κ3) is 13.0. The molecule has 121 valence electrons. The van der Waals surface area contributed by atoms with Crippen LogP contribution in [0.1, 0.15) is 111 Å². The largest absolute Gasteiger partial charge is 0.0654 e. The molecule has 0 N–H and O–H groups in total. The molecule has 0 rings (SSSR count). The molecule has 0 fully saturated rings. The van der Waals surface area contributed by atoms with Crippen molar-refractivity contribution in [3.63, 3.8) is 0 Å². The third-order valence-corrected chi connectivity index (χ3v) is 4.57. The van der Waals surface area contributed by atoms with Crippen molar-refractivity contribution in [1.29, 1.82) is 0 Å². The van der Waals surface area contributed by atoms with Gasteiger partial charge in [-0.3, -0.25) is 0 Å². The summed E-state index contributed by atoms with van der Waals surface area (Å²) in [5, 5.41) is 0. The molecule has 0 aromatic carbocycles. The molecule has 0 saturated heterocycles. The van der Waals surface area contributed by atoms with E-state index in [1.165, 1.54) is 83.5 Å². The molecule has 20 heavy (non-hydrogen) atoms. The molecule has 0 aliphatic heterocycles. The average molecular weight is 282 g/mol. The lowest BCUT2D eigenvalue weighted by Crippen LogP contribution is -2.07. The van der Waals surface area contributed by atoms with Crippen LogP contribution in [0.5, 0.6) is 0 Å². The maximum atomic E-state index is 2.66. The van der Waals surface area contributed by atoms with Crippen LogP contribution in [-0.2, 0) is 0 Å². The number of rotatable bonds is 15. The summed E-state index contributed by atoms with van der Waals surface area (Å²) in [5.74, 6) is 1.71. The van der Waals surface area contributed by atoms with Crippen LogP contribution >= 0.6 is 0 Å². The van der Waals surface area contributed by atoms with Crippen molar-refractivity contribution in [2.75, 3.05) is 0 Å². The van der Waals surface area contributed by atoms with Gasteiger partial charge in [0, 0.05) is 0 Å². The van der Waals surface area contributed by atoms with Crippen LogP contribution in [0.4, 0.5) is 0 Å². The van der Waals surface area contributed by atoms with Gasteiger partial charge < -0.3 is 0 Å². The standard InChI is InChI=1S/C20H41/c1-5-8-10-12-13-15-17-20(7-3)18-19(4)16-14-11-9-6-2/h18-20H,5-17H2,1-4H3. The SMILES string of the molecule is CCCCCCCCC([CH]C(C)CCCCCC)CC. The fourth-order valence-corrected chi connectivity index (χ4v) is 3.08. The molecule has 1 radical (unpaired) electrons. The molecule has 0 heterocycles. The molecular weight excluding hydrogens is 240 g/mol. The van der Waals surface area contributed by atoms with Gasteiger partial charge in [-0.15, -0.1) is 0 Å². The number of hydrogen-bond donors (Lipinski definition) is 0. The first-order chi connectivity index (χ1) is 9.74. The lowest BCUT2D eigenvalue weighted by molar-refractivity contribution is 0.422. The Bertz CT molecular complexity index is 173. The summed E-state index contributed by atoms with van der Waals surface area (Å²) in [6.07, 6.45) is 21.1. The molecule has 2 atom stereocenters. The topological polar surface area (TPSA) is 0 Å². The van der Waals surface area contributed by atoms with E-state index in [0.29, 0.717) is 0 Å². The number of unbranched alkanes of at least 4 members (excludes halogenated alkanes) is 8. The van der Waals surface area contributed by atoms with Gasteiger partial charge in [0.25, 0.3) is 0 Å². The van der Waals surface area contributed by atoms with Crippen molar-refractivity contribution < 1.29 is 0 Å². The van der Waals surface area contributed by atoms with Crippen molar-refractivity contribution in [2.45, 2.75) is 111 Å². The second kappa shape index (κ2) is 15.4. The Morgan fingerprint density at radius 3 is 1.75 bits per heavy atom. The Hall–Kier alpha value is 0. The normalized spacial score (nSPS) is 14.4. The van der Waals surface area contributed by atoms with Crippen molar-refractivity contribution in [1.82, 2.24) is 0 Å². The van der Waals surface area contributed by atoms with Gasteiger partial charge in [0.05, 0.1) is 0 Å². The lowest BCUT2D eigenvalue weighted by atomic mass is 9.87. The van der Waals surface area contributed by atoms with E-state index in [1.807, 2.05) is 0 Å². The molecule has 0 aromatic heterocycles. The summed E-state index contributed by atoms with van der Waals surface area (Å²) >= 11 is 0. The van der Waals surface area contributed by atoms with Crippen LogP contribution in [0.2, 0.25) is 0 Å². The minimum atomic E-state index is 0.830. The van der Waals surface area contributed by atoms with E-state index in [9.17, 15) is 0 Å². The Morgan fingerprint density at radius 2 is 1.15 bits per heavy atom. The van der Waals surface area contributed by atoms with E-state index < -0.39 is 0 Å². The molecule has 0 amide bonds. The van der Waals surface area contributed by atoms with Gasteiger partial charge in [0.15, 0.2) is 0 Å². The highest BCUT2D eigenvalue weighted by molar-refractivity contribution is 4.80. The second-order valence-electron chi connectivity index (χ2n) is 6.74. The van der Waals surface area contributed by atoms with E-state index >= 15 is 0 Å². The van der Waals surface area contributed by atoms with Crippen molar-refractivity contribution >= 4 is 0 Å². The van der Waals surface area contributed by atoms with Gasteiger partial charge in [0.2, 0.25) is 0 Å². The summed E-state index contributed by atoms with van der Waals surface area (Å²) < 4.78 is 0. The average Bonchev–Trinajstić information content (AvgIpc) is 2.46. The first kappa shape index (κ1) is 20.0. The molecule has 0 saturated carbocycles. The molecule has 0 heteroatoms. The van der Waals surface area contributed by atoms with Crippen molar-refractivity contribution in [3.8, 4) is 0 Å². The van der Waals surface area contributed by atoms with E-state index in [1.54, 1.807) is 0 Å². The highest BCUT2D eigenvalue weighted by atomic mass is 14.2. The minimum absolute atomic E-state index is 0.830. The predicted molar refractivity (Wildman–Crippen MR) is 94.0 cm³/mol. The van der Waals surface area contributed by atoms with Crippen LogP contribution < -0.4 is 0 Å². The minimum Gasteiger partial charge on any atom is -0.0654 e. The summed E-state index contributed by atoms with van der Waals surface area (Å²) in [6.45, 7) is 9.38. The summed E-state index contributed by atoms with van der Waals surface area (Å²) in [6, 6.07) is 0. The molecule has 0 aliphatic carbocycles. The van der Waals surface area contributed by atoms with Crippen molar-refractivity contribution in [3.05, 3.63) is 6.42 Å². The molecule has 0 spiro atoms. The van der Waals surface area contributed by atoms with E-state index in [0.717, 1.165) is 11.8 Å². The maximum absolute atomic E-state index is 2.66. The van der Waals surface area contributed by atoms with Gasteiger partial charge >= 0.3 is 0 Å². The third-order valence-electron chi connectivity index (χ3n) is 4.57. The Balaban J connectivity index is 3.53. The summed E-state index contributed by atoms with van der Waals surface area (Å²) in [4.78, 5) is 0.